The van der Waals surface area contributed by atoms with Gasteiger partial charge in [0.1, 0.15) is 17.6 Å². The maximum atomic E-state index is 6.14. The molecule has 0 spiro atoms. The van der Waals surface area contributed by atoms with Crippen molar-refractivity contribution in [2.24, 2.45) is 5.41 Å². The van der Waals surface area contributed by atoms with Crippen LogP contribution in [0.5, 0.6) is 11.5 Å². The van der Waals surface area contributed by atoms with Crippen molar-refractivity contribution in [1.82, 2.24) is 0 Å². The highest BCUT2D eigenvalue weighted by atomic mass is 16.5. The third kappa shape index (κ3) is 5.40. The fourth-order valence-corrected chi connectivity index (χ4v) is 2.23. The van der Waals surface area contributed by atoms with Gasteiger partial charge in [-0.2, -0.15) is 0 Å². The molecule has 23 heavy (non-hydrogen) atoms. The third-order valence-corrected chi connectivity index (χ3v) is 3.65. The van der Waals surface area contributed by atoms with Gasteiger partial charge in [0.2, 0.25) is 0 Å². The molecule has 0 heterocycles. The van der Waals surface area contributed by atoms with Crippen LogP contribution >= 0.6 is 0 Å². The molecule has 4 N–H and O–H groups in total. The van der Waals surface area contributed by atoms with E-state index in [0.717, 1.165) is 29.3 Å². The third-order valence-electron chi connectivity index (χ3n) is 3.65. The van der Waals surface area contributed by atoms with E-state index in [9.17, 15) is 0 Å². The Labute approximate surface area is 138 Å². The normalized spacial score (nSPS) is 12.7. The number of hydrogen-bond acceptors (Lipinski definition) is 4. The first-order valence-electron chi connectivity index (χ1n) is 7.85. The summed E-state index contributed by atoms with van der Waals surface area (Å²) in [4.78, 5) is 0. The van der Waals surface area contributed by atoms with E-state index in [-0.39, 0.29) is 11.5 Å². The smallest absolute Gasteiger partial charge is 0.119 e. The molecule has 0 saturated heterocycles. The summed E-state index contributed by atoms with van der Waals surface area (Å²) in [5, 5.41) is 0. The molecular weight excluding hydrogens is 288 g/mol. The molecule has 124 valence electrons. The minimum atomic E-state index is 0.00582. The lowest BCUT2D eigenvalue weighted by Crippen LogP contribution is -2.33. The summed E-state index contributed by atoms with van der Waals surface area (Å²) >= 11 is 0. The maximum absolute atomic E-state index is 6.14. The summed E-state index contributed by atoms with van der Waals surface area (Å²) < 4.78 is 11.9. The largest absolute Gasteiger partial charge is 0.493 e. The van der Waals surface area contributed by atoms with Crippen molar-refractivity contribution in [2.75, 3.05) is 18.1 Å². The standard InChI is InChI=1S/C19H26N2O2/c1-19(2,3)18(23-17-10-6-15(21)7-11-17)12-13-22-16-8-4-14(20)5-9-16/h4-11,18H,12-13,20-21H2,1-3H3. The van der Waals surface area contributed by atoms with Crippen molar-refractivity contribution in [2.45, 2.75) is 33.3 Å². The van der Waals surface area contributed by atoms with Crippen molar-refractivity contribution in [1.29, 1.82) is 0 Å². The topological polar surface area (TPSA) is 70.5 Å². The molecule has 0 aliphatic rings. The molecule has 0 fully saturated rings. The van der Waals surface area contributed by atoms with E-state index in [0.29, 0.717) is 6.61 Å². The van der Waals surface area contributed by atoms with Crippen LogP contribution in [0, 0.1) is 5.41 Å². The fraction of sp³-hybridized carbons (Fsp3) is 0.368. The van der Waals surface area contributed by atoms with Crippen LogP contribution in [-0.2, 0) is 0 Å². The first-order valence-corrected chi connectivity index (χ1v) is 7.85. The number of ether oxygens (including phenoxy) is 2. The molecule has 1 unspecified atom stereocenters. The summed E-state index contributed by atoms with van der Waals surface area (Å²) in [5.74, 6) is 1.64. The molecule has 0 saturated carbocycles. The van der Waals surface area contributed by atoms with Crippen LogP contribution < -0.4 is 20.9 Å². The number of anilines is 2. The van der Waals surface area contributed by atoms with Crippen LogP contribution in [0.2, 0.25) is 0 Å². The van der Waals surface area contributed by atoms with Gasteiger partial charge in [-0.3, -0.25) is 0 Å². The molecule has 0 aromatic heterocycles. The Bertz CT molecular complexity index is 601. The average Bonchev–Trinajstić information content (AvgIpc) is 2.49. The minimum absolute atomic E-state index is 0.00582. The molecule has 0 bridgehead atoms. The van der Waals surface area contributed by atoms with Crippen LogP contribution in [0.15, 0.2) is 48.5 Å². The van der Waals surface area contributed by atoms with Crippen LogP contribution in [-0.4, -0.2) is 12.7 Å². The molecule has 0 amide bonds. The van der Waals surface area contributed by atoms with Gasteiger partial charge in [0, 0.05) is 17.8 Å². The van der Waals surface area contributed by atoms with E-state index in [1.807, 2.05) is 48.5 Å². The Morgan fingerprint density at radius 2 is 1.30 bits per heavy atom. The SMILES string of the molecule is CC(C)(C)C(CCOc1ccc(N)cc1)Oc1ccc(N)cc1. The Balaban J connectivity index is 1.93. The van der Waals surface area contributed by atoms with Gasteiger partial charge in [0.05, 0.1) is 6.61 Å². The minimum Gasteiger partial charge on any atom is -0.493 e. The van der Waals surface area contributed by atoms with Crippen molar-refractivity contribution in [3.05, 3.63) is 48.5 Å². The van der Waals surface area contributed by atoms with Gasteiger partial charge >= 0.3 is 0 Å². The monoisotopic (exact) mass is 314 g/mol. The van der Waals surface area contributed by atoms with E-state index in [4.69, 9.17) is 20.9 Å². The first-order chi connectivity index (χ1) is 10.8. The second-order valence-corrected chi connectivity index (χ2v) is 6.75. The van der Waals surface area contributed by atoms with Crippen LogP contribution in [0.1, 0.15) is 27.2 Å². The molecule has 2 aromatic carbocycles. The average molecular weight is 314 g/mol. The van der Waals surface area contributed by atoms with Gasteiger partial charge in [-0.25, -0.2) is 0 Å². The van der Waals surface area contributed by atoms with E-state index in [2.05, 4.69) is 20.8 Å². The molecule has 4 heteroatoms. The summed E-state index contributed by atoms with van der Waals surface area (Å²) in [6.45, 7) is 7.08. The number of nitrogens with two attached hydrogens (primary N) is 2. The van der Waals surface area contributed by atoms with Crippen molar-refractivity contribution in [3.63, 3.8) is 0 Å². The lowest BCUT2D eigenvalue weighted by atomic mass is 9.87. The zero-order valence-corrected chi connectivity index (χ0v) is 14.1. The molecule has 2 rings (SSSR count). The van der Waals surface area contributed by atoms with Gasteiger partial charge < -0.3 is 20.9 Å². The molecule has 0 aliphatic carbocycles. The Morgan fingerprint density at radius 1 is 0.826 bits per heavy atom. The number of rotatable bonds is 6. The number of benzene rings is 2. The fourth-order valence-electron chi connectivity index (χ4n) is 2.23. The summed E-state index contributed by atoms with van der Waals surface area (Å²) in [7, 11) is 0. The maximum Gasteiger partial charge on any atom is 0.119 e. The molecule has 2 aromatic rings. The molecular formula is C19H26N2O2. The van der Waals surface area contributed by atoms with E-state index >= 15 is 0 Å². The van der Waals surface area contributed by atoms with Crippen molar-refractivity contribution >= 4 is 11.4 Å². The van der Waals surface area contributed by atoms with Crippen LogP contribution in [0.4, 0.5) is 11.4 Å². The predicted octanol–water partition coefficient (Wildman–Crippen LogP) is 4.11. The highest BCUT2D eigenvalue weighted by Gasteiger charge is 2.26. The van der Waals surface area contributed by atoms with Gasteiger partial charge in [-0.05, 0) is 53.9 Å². The predicted molar refractivity (Wildman–Crippen MR) is 95.7 cm³/mol. The molecule has 0 aliphatic heterocycles. The van der Waals surface area contributed by atoms with Gasteiger partial charge in [-0.1, -0.05) is 20.8 Å². The zero-order valence-electron chi connectivity index (χ0n) is 14.1. The van der Waals surface area contributed by atoms with Gasteiger partial charge in [-0.15, -0.1) is 0 Å². The summed E-state index contributed by atoms with van der Waals surface area (Å²) in [6.07, 6.45) is 0.832. The Hall–Kier alpha value is -2.36. The van der Waals surface area contributed by atoms with Gasteiger partial charge in [0.15, 0.2) is 0 Å². The lowest BCUT2D eigenvalue weighted by Gasteiger charge is -2.31. The Kier molecular flexibility index (Phi) is 5.37. The first kappa shape index (κ1) is 17.0. The summed E-state index contributed by atoms with van der Waals surface area (Å²) in [5.41, 5.74) is 12.9. The van der Waals surface area contributed by atoms with Crippen LogP contribution in [0.25, 0.3) is 0 Å². The van der Waals surface area contributed by atoms with Crippen molar-refractivity contribution < 1.29 is 9.47 Å². The molecule has 1 atom stereocenters. The van der Waals surface area contributed by atoms with E-state index < -0.39 is 0 Å². The molecule has 4 nitrogen and oxygen atoms in total. The Morgan fingerprint density at radius 3 is 1.78 bits per heavy atom. The molecule has 0 radical (unpaired) electrons. The van der Waals surface area contributed by atoms with E-state index in [1.54, 1.807) is 0 Å². The summed E-state index contributed by atoms with van der Waals surface area (Å²) in [6, 6.07) is 14.9. The van der Waals surface area contributed by atoms with Gasteiger partial charge in [0.25, 0.3) is 0 Å². The zero-order chi connectivity index (χ0) is 16.9. The lowest BCUT2D eigenvalue weighted by molar-refractivity contribution is 0.0652. The van der Waals surface area contributed by atoms with Crippen LogP contribution in [0.3, 0.4) is 0 Å². The number of nitrogen functional groups attached to an aromatic ring is 2. The highest BCUT2D eigenvalue weighted by molar-refractivity contribution is 5.42. The second-order valence-electron chi connectivity index (χ2n) is 6.75. The highest BCUT2D eigenvalue weighted by Crippen LogP contribution is 2.28. The number of hydrogen-bond donors (Lipinski definition) is 2. The second kappa shape index (κ2) is 7.27. The van der Waals surface area contributed by atoms with E-state index in [1.165, 1.54) is 0 Å². The van der Waals surface area contributed by atoms with Crippen molar-refractivity contribution in [3.8, 4) is 11.5 Å². The quantitative estimate of drug-likeness (QED) is 0.787.